The molecule has 1 amide bonds. The molecular weight excluding hydrogens is 300 g/mol. The Morgan fingerprint density at radius 2 is 2.24 bits per heavy atom. The standard InChI is InChI=1S/C11H10N4O5S/c16-9(13-10-2-1-7(21-10)11(17)18)3-4-14-5-8(12-6-14)15(19)20/h1-2,5-6H,3-4H2,(H,13,16)(H,17,18). The fourth-order valence-electron chi connectivity index (χ4n) is 1.52. The van der Waals surface area contributed by atoms with Gasteiger partial charge in [-0.1, -0.05) is 0 Å². The summed E-state index contributed by atoms with van der Waals surface area (Å²) in [5, 5.41) is 22.2. The lowest BCUT2D eigenvalue weighted by Crippen LogP contribution is -2.13. The number of carboxylic acids is 1. The van der Waals surface area contributed by atoms with Crippen molar-refractivity contribution in [1.82, 2.24) is 9.55 Å². The monoisotopic (exact) mass is 310 g/mol. The molecule has 2 rings (SSSR count). The Balaban J connectivity index is 1.86. The normalized spacial score (nSPS) is 10.3. The van der Waals surface area contributed by atoms with Gasteiger partial charge in [-0.2, -0.15) is 0 Å². The van der Waals surface area contributed by atoms with Crippen molar-refractivity contribution in [2.24, 2.45) is 0 Å². The second kappa shape index (κ2) is 6.13. The van der Waals surface area contributed by atoms with E-state index in [0.717, 1.165) is 11.3 Å². The number of imidazole rings is 1. The first-order valence-electron chi connectivity index (χ1n) is 5.75. The number of aromatic carboxylic acids is 1. The second-order valence-corrected chi connectivity index (χ2v) is 5.08. The van der Waals surface area contributed by atoms with Crippen LogP contribution in [-0.2, 0) is 11.3 Å². The van der Waals surface area contributed by atoms with Crippen LogP contribution in [0.2, 0.25) is 0 Å². The first kappa shape index (κ1) is 14.7. The molecule has 0 aliphatic rings. The van der Waals surface area contributed by atoms with Gasteiger partial charge in [0.05, 0.1) is 5.00 Å². The number of nitro groups is 1. The minimum absolute atomic E-state index is 0.0911. The van der Waals surface area contributed by atoms with E-state index < -0.39 is 10.9 Å². The van der Waals surface area contributed by atoms with Crippen molar-refractivity contribution in [3.8, 4) is 0 Å². The highest BCUT2D eigenvalue weighted by molar-refractivity contribution is 7.18. The average molecular weight is 310 g/mol. The summed E-state index contributed by atoms with van der Waals surface area (Å²) in [4.78, 5) is 35.9. The number of aromatic nitrogens is 2. The zero-order chi connectivity index (χ0) is 15.4. The van der Waals surface area contributed by atoms with Crippen LogP contribution in [0, 0.1) is 10.1 Å². The van der Waals surface area contributed by atoms with Gasteiger partial charge in [0.1, 0.15) is 11.1 Å². The van der Waals surface area contributed by atoms with E-state index in [1.54, 1.807) is 0 Å². The van der Waals surface area contributed by atoms with Gasteiger partial charge in [-0.15, -0.1) is 11.3 Å². The first-order chi connectivity index (χ1) is 9.95. The Kier molecular flexibility index (Phi) is 4.28. The number of carbonyl (C=O) groups excluding carboxylic acids is 1. The van der Waals surface area contributed by atoms with E-state index in [2.05, 4.69) is 10.3 Å². The number of anilines is 1. The van der Waals surface area contributed by atoms with Crippen LogP contribution in [-0.4, -0.2) is 31.5 Å². The molecule has 0 spiro atoms. The molecule has 2 aromatic heterocycles. The SMILES string of the molecule is O=C(CCn1cnc([N+](=O)[O-])c1)Nc1ccc(C(=O)O)s1. The van der Waals surface area contributed by atoms with Gasteiger partial charge < -0.3 is 25.1 Å². The fraction of sp³-hybridized carbons (Fsp3) is 0.182. The van der Waals surface area contributed by atoms with E-state index in [9.17, 15) is 19.7 Å². The van der Waals surface area contributed by atoms with Gasteiger partial charge in [-0.25, -0.2) is 4.79 Å². The summed E-state index contributed by atoms with van der Waals surface area (Å²) in [6, 6.07) is 2.91. The maximum atomic E-state index is 11.7. The predicted molar refractivity (Wildman–Crippen MR) is 73.4 cm³/mol. The molecule has 0 aliphatic carbocycles. The number of carbonyl (C=O) groups is 2. The number of nitrogens with one attached hydrogen (secondary N) is 1. The highest BCUT2D eigenvalue weighted by Gasteiger charge is 2.12. The summed E-state index contributed by atoms with van der Waals surface area (Å²) in [6.07, 6.45) is 2.61. The largest absolute Gasteiger partial charge is 0.477 e. The van der Waals surface area contributed by atoms with Crippen LogP contribution in [0.15, 0.2) is 24.7 Å². The predicted octanol–water partition coefficient (Wildman–Crippen LogP) is 1.58. The molecular formula is C11H10N4O5S. The van der Waals surface area contributed by atoms with E-state index in [1.165, 1.54) is 29.2 Å². The Labute approximate surface area is 122 Å². The fourth-order valence-corrected chi connectivity index (χ4v) is 2.28. The third-order valence-corrected chi connectivity index (χ3v) is 3.47. The number of aryl methyl sites for hydroxylation is 1. The topological polar surface area (TPSA) is 127 Å². The van der Waals surface area contributed by atoms with Crippen molar-refractivity contribution in [3.63, 3.8) is 0 Å². The first-order valence-corrected chi connectivity index (χ1v) is 6.56. The van der Waals surface area contributed by atoms with Crippen molar-refractivity contribution in [1.29, 1.82) is 0 Å². The van der Waals surface area contributed by atoms with Crippen molar-refractivity contribution in [3.05, 3.63) is 39.6 Å². The second-order valence-electron chi connectivity index (χ2n) is 3.99. The van der Waals surface area contributed by atoms with Crippen LogP contribution >= 0.6 is 11.3 Å². The summed E-state index contributed by atoms with van der Waals surface area (Å²) < 4.78 is 1.44. The maximum Gasteiger partial charge on any atom is 0.381 e. The number of rotatable bonds is 6. The van der Waals surface area contributed by atoms with E-state index in [0.29, 0.717) is 5.00 Å². The zero-order valence-electron chi connectivity index (χ0n) is 10.6. The third-order valence-electron chi connectivity index (χ3n) is 2.48. The molecule has 0 atom stereocenters. The quantitative estimate of drug-likeness (QED) is 0.616. The van der Waals surface area contributed by atoms with Gasteiger partial charge in [0.2, 0.25) is 12.2 Å². The number of amides is 1. The molecule has 0 bridgehead atoms. The number of hydrogen-bond acceptors (Lipinski definition) is 6. The summed E-state index contributed by atoms with van der Waals surface area (Å²) in [7, 11) is 0. The van der Waals surface area contributed by atoms with E-state index >= 15 is 0 Å². The molecule has 0 saturated carbocycles. The van der Waals surface area contributed by atoms with Crippen LogP contribution in [0.1, 0.15) is 16.1 Å². The van der Waals surface area contributed by atoms with E-state index in [-0.39, 0.29) is 29.6 Å². The lowest BCUT2D eigenvalue weighted by atomic mass is 10.4. The van der Waals surface area contributed by atoms with E-state index in [4.69, 9.17) is 5.11 Å². The highest BCUT2D eigenvalue weighted by Crippen LogP contribution is 2.21. The molecule has 0 aliphatic heterocycles. The zero-order valence-corrected chi connectivity index (χ0v) is 11.4. The smallest absolute Gasteiger partial charge is 0.381 e. The van der Waals surface area contributed by atoms with Crippen molar-refractivity contribution in [2.75, 3.05) is 5.32 Å². The summed E-state index contributed by atoms with van der Waals surface area (Å²) in [5.74, 6) is -1.64. The van der Waals surface area contributed by atoms with Gasteiger partial charge in [-0.3, -0.25) is 4.79 Å². The molecule has 110 valence electrons. The van der Waals surface area contributed by atoms with Crippen molar-refractivity contribution >= 4 is 34.0 Å². The Bertz CT molecular complexity index is 692. The molecule has 2 heterocycles. The molecule has 2 N–H and O–H groups in total. The summed E-state index contributed by atoms with van der Waals surface area (Å²) >= 11 is 0.959. The average Bonchev–Trinajstić information content (AvgIpc) is 3.05. The number of carboxylic acid groups (broad SMARTS) is 1. The number of hydrogen-bond donors (Lipinski definition) is 2. The third kappa shape index (κ3) is 3.86. The molecule has 9 nitrogen and oxygen atoms in total. The molecule has 10 heteroatoms. The highest BCUT2D eigenvalue weighted by atomic mass is 32.1. The molecule has 21 heavy (non-hydrogen) atoms. The molecule has 0 fully saturated rings. The minimum Gasteiger partial charge on any atom is -0.477 e. The Morgan fingerprint density at radius 3 is 2.81 bits per heavy atom. The van der Waals surface area contributed by atoms with Gasteiger partial charge >= 0.3 is 11.8 Å². The Morgan fingerprint density at radius 1 is 1.48 bits per heavy atom. The molecule has 0 radical (unpaired) electrons. The molecule has 2 aromatic rings. The number of nitrogens with zero attached hydrogens (tertiary/aromatic N) is 3. The van der Waals surface area contributed by atoms with Crippen LogP contribution in [0.3, 0.4) is 0 Å². The summed E-state index contributed by atoms with van der Waals surface area (Å²) in [5.41, 5.74) is 0. The molecule has 0 aromatic carbocycles. The number of thiophene rings is 1. The van der Waals surface area contributed by atoms with Crippen LogP contribution < -0.4 is 5.32 Å². The van der Waals surface area contributed by atoms with Crippen molar-refractivity contribution in [2.45, 2.75) is 13.0 Å². The van der Waals surface area contributed by atoms with Crippen LogP contribution in [0.5, 0.6) is 0 Å². The van der Waals surface area contributed by atoms with E-state index in [1.807, 2.05) is 0 Å². The van der Waals surface area contributed by atoms with Crippen LogP contribution in [0.25, 0.3) is 0 Å². The lowest BCUT2D eigenvalue weighted by Gasteiger charge is -2.02. The van der Waals surface area contributed by atoms with Crippen molar-refractivity contribution < 1.29 is 19.6 Å². The van der Waals surface area contributed by atoms with Gasteiger partial charge in [0.15, 0.2) is 0 Å². The maximum absolute atomic E-state index is 11.7. The van der Waals surface area contributed by atoms with Crippen LogP contribution in [0.4, 0.5) is 10.8 Å². The van der Waals surface area contributed by atoms with Gasteiger partial charge in [0.25, 0.3) is 0 Å². The Hall–Kier alpha value is -2.75. The van der Waals surface area contributed by atoms with Gasteiger partial charge in [0, 0.05) is 13.0 Å². The molecule has 0 unspecified atom stereocenters. The minimum atomic E-state index is -1.05. The molecule has 0 saturated heterocycles. The summed E-state index contributed by atoms with van der Waals surface area (Å²) in [6.45, 7) is 0.240. The van der Waals surface area contributed by atoms with Gasteiger partial charge in [-0.05, 0) is 22.0 Å². The lowest BCUT2D eigenvalue weighted by molar-refractivity contribution is -0.389.